The van der Waals surface area contributed by atoms with Crippen molar-refractivity contribution in [2.45, 2.75) is 0 Å². The molecule has 0 spiro atoms. The summed E-state index contributed by atoms with van der Waals surface area (Å²) in [6.07, 6.45) is 0. The number of carbonyl (C=O) groups is 1. The Balaban J connectivity index is 2.45. The maximum absolute atomic E-state index is 12.1. The van der Waals surface area contributed by atoms with Crippen molar-refractivity contribution in [3.8, 4) is 16.2 Å². The van der Waals surface area contributed by atoms with Crippen LogP contribution in [0.4, 0.5) is 0 Å². The van der Waals surface area contributed by atoms with Crippen LogP contribution in [0, 0.1) is 0 Å². The number of amides is 1. The number of hydrogen-bond donors (Lipinski definition) is 0. The van der Waals surface area contributed by atoms with Crippen LogP contribution in [-0.2, 0) is 4.84 Å². The van der Waals surface area contributed by atoms with Crippen molar-refractivity contribution in [2.75, 3.05) is 21.3 Å². The SMILES string of the molecule is COc1ccc(C(=O)N(C)OC)cc1-c1cccs1. The molecule has 0 N–H and O–H groups in total. The predicted molar refractivity (Wildman–Crippen MR) is 75.4 cm³/mol. The Morgan fingerprint density at radius 3 is 2.63 bits per heavy atom. The molecule has 0 saturated carbocycles. The molecule has 2 rings (SSSR count). The number of rotatable bonds is 4. The zero-order valence-corrected chi connectivity index (χ0v) is 11.9. The highest BCUT2D eigenvalue weighted by Gasteiger charge is 2.15. The lowest BCUT2D eigenvalue weighted by atomic mass is 10.1. The molecule has 1 aromatic carbocycles. The second-order valence-corrected chi connectivity index (χ2v) is 4.83. The molecule has 0 aliphatic carbocycles. The number of methoxy groups -OCH3 is 1. The van der Waals surface area contributed by atoms with E-state index in [-0.39, 0.29) is 5.91 Å². The number of benzene rings is 1. The summed E-state index contributed by atoms with van der Waals surface area (Å²) in [5.74, 6) is 0.557. The highest BCUT2D eigenvalue weighted by molar-refractivity contribution is 7.13. The van der Waals surface area contributed by atoms with Gasteiger partial charge in [-0.1, -0.05) is 6.07 Å². The quantitative estimate of drug-likeness (QED) is 0.806. The highest BCUT2D eigenvalue weighted by Crippen LogP contribution is 2.34. The third-order valence-corrected chi connectivity index (χ3v) is 3.70. The summed E-state index contributed by atoms with van der Waals surface area (Å²) in [5.41, 5.74) is 1.47. The molecule has 0 bridgehead atoms. The van der Waals surface area contributed by atoms with Crippen LogP contribution >= 0.6 is 11.3 Å². The summed E-state index contributed by atoms with van der Waals surface area (Å²) in [6, 6.07) is 9.31. The van der Waals surface area contributed by atoms with Gasteiger partial charge >= 0.3 is 0 Å². The van der Waals surface area contributed by atoms with E-state index in [4.69, 9.17) is 9.57 Å². The van der Waals surface area contributed by atoms with Gasteiger partial charge in [0.1, 0.15) is 5.75 Å². The summed E-state index contributed by atoms with van der Waals surface area (Å²) < 4.78 is 5.34. The Kier molecular flexibility index (Phi) is 4.19. The van der Waals surface area contributed by atoms with Gasteiger partial charge in [0.25, 0.3) is 5.91 Å². The van der Waals surface area contributed by atoms with Crippen molar-refractivity contribution in [3.63, 3.8) is 0 Å². The second-order valence-electron chi connectivity index (χ2n) is 3.88. The van der Waals surface area contributed by atoms with Crippen molar-refractivity contribution < 1.29 is 14.4 Å². The Labute approximate surface area is 116 Å². The van der Waals surface area contributed by atoms with Gasteiger partial charge in [-0.3, -0.25) is 9.63 Å². The molecule has 1 aromatic heterocycles. The first kappa shape index (κ1) is 13.6. The molecule has 0 fully saturated rings. The molecule has 19 heavy (non-hydrogen) atoms. The molecule has 0 saturated heterocycles. The van der Waals surface area contributed by atoms with Crippen molar-refractivity contribution in [1.29, 1.82) is 0 Å². The lowest BCUT2D eigenvalue weighted by molar-refractivity contribution is -0.0756. The third kappa shape index (κ3) is 2.77. The molecular weight excluding hydrogens is 262 g/mol. The van der Waals surface area contributed by atoms with Gasteiger partial charge in [0, 0.05) is 23.1 Å². The van der Waals surface area contributed by atoms with Gasteiger partial charge in [-0.15, -0.1) is 11.3 Å². The second kappa shape index (κ2) is 5.86. The first-order chi connectivity index (χ1) is 9.17. The van der Waals surface area contributed by atoms with Crippen LogP contribution in [0.5, 0.6) is 5.75 Å². The number of thiophene rings is 1. The van der Waals surface area contributed by atoms with E-state index >= 15 is 0 Å². The molecule has 0 aliphatic rings. The molecule has 1 heterocycles. The zero-order valence-electron chi connectivity index (χ0n) is 11.0. The minimum atomic E-state index is -0.192. The normalized spacial score (nSPS) is 10.3. The molecule has 0 radical (unpaired) electrons. The Hall–Kier alpha value is -1.85. The smallest absolute Gasteiger partial charge is 0.277 e. The summed E-state index contributed by atoms with van der Waals surface area (Å²) in [4.78, 5) is 18.0. The van der Waals surface area contributed by atoms with Gasteiger partial charge < -0.3 is 4.74 Å². The lowest BCUT2D eigenvalue weighted by Crippen LogP contribution is -2.25. The van der Waals surface area contributed by atoms with E-state index in [0.29, 0.717) is 5.56 Å². The first-order valence-electron chi connectivity index (χ1n) is 5.71. The summed E-state index contributed by atoms with van der Waals surface area (Å²) in [7, 11) is 4.66. The van der Waals surface area contributed by atoms with Gasteiger partial charge in [0.2, 0.25) is 0 Å². The number of hydrogen-bond acceptors (Lipinski definition) is 4. The van der Waals surface area contributed by atoms with E-state index < -0.39 is 0 Å². The molecule has 4 nitrogen and oxygen atoms in total. The van der Waals surface area contributed by atoms with Gasteiger partial charge in [0.05, 0.1) is 14.2 Å². The maximum Gasteiger partial charge on any atom is 0.277 e. The topological polar surface area (TPSA) is 38.8 Å². The minimum absolute atomic E-state index is 0.192. The first-order valence-corrected chi connectivity index (χ1v) is 6.59. The van der Waals surface area contributed by atoms with E-state index in [1.165, 1.54) is 12.2 Å². The Bertz CT molecular complexity index is 566. The van der Waals surface area contributed by atoms with Gasteiger partial charge in [-0.05, 0) is 29.6 Å². The van der Waals surface area contributed by atoms with Crippen LogP contribution in [-0.4, -0.2) is 32.2 Å². The monoisotopic (exact) mass is 277 g/mol. The zero-order chi connectivity index (χ0) is 13.8. The molecule has 0 unspecified atom stereocenters. The van der Waals surface area contributed by atoms with Crippen LogP contribution < -0.4 is 4.74 Å². The highest BCUT2D eigenvalue weighted by atomic mass is 32.1. The van der Waals surface area contributed by atoms with Crippen LogP contribution in [0.15, 0.2) is 35.7 Å². The summed E-state index contributed by atoms with van der Waals surface area (Å²) >= 11 is 1.60. The Morgan fingerprint density at radius 2 is 2.05 bits per heavy atom. The molecule has 0 atom stereocenters. The maximum atomic E-state index is 12.1. The van der Waals surface area contributed by atoms with Crippen molar-refractivity contribution in [3.05, 3.63) is 41.3 Å². The molecule has 0 aliphatic heterocycles. The van der Waals surface area contributed by atoms with E-state index in [9.17, 15) is 4.79 Å². The summed E-state index contributed by atoms with van der Waals surface area (Å²) in [6.45, 7) is 0. The number of nitrogens with zero attached hydrogens (tertiary/aromatic N) is 1. The van der Waals surface area contributed by atoms with E-state index in [2.05, 4.69) is 0 Å². The third-order valence-electron chi connectivity index (χ3n) is 2.79. The molecule has 5 heteroatoms. The molecular formula is C14H15NO3S. The van der Waals surface area contributed by atoms with Crippen molar-refractivity contribution in [1.82, 2.24) is 5.06 Å². The van der Waals surface area contributed by atoms with E-state index in [1.54, 1.807) is 37.6 Å². The lowest BCUT2D eigenvalue weighted by Gasteiger charge is -2.15. The molecule has 100 valence electrons. The van der Waals surface area contributed by atoms with Crippen molar-refractivity contribution in [2.24, 2.45) is 0 Å². The molecule has 2 aromatic rings. The van der Waals surface area contributed by atoms with E-state index in [0.717, 1.165) is 16.2 Å². The van der Waals surface area contributed by atoms with Crippen LogP contribution in [0.25, 0.3) is 10.4 Å². The van der Waals surface area contributed by atoms with Gasteiger partial charge in [-0.25, -0.2) is 5.06 Å². The largest absolute Gasteiger partial charge is 0.496 e. The van der Waals surface area contributed by atoms with Gasteiger partial charge in [-0.2, -0.15) is 0 Å². The minimum Gasteiger partial charge on any atom is -0.496 e. The standard InChI is InChI=1S/C14H15NO3S/c1-15(18-3)14(16)10-6-7-12(17-2)11(9-10)13-5-4-8-19-13/h4-9H,1-3H3. The van der Waals surface area contributed by atoms with Crippen LogP contribution in [0.1, 0.15) is 10.4 Å². The average molecular weight is 277 g/mol. The number of ether oxygens (including phenoxy) is 1. The average Bonchev–Trinajstić information content (AvgIpc) is 2.99. The number of hydroxylamine groups is 2. The number of carbonyl (C=O) groups excluding carboxylic acids is 1. The molecule has 1 amide bonds. The fourth-order valence-electron chi connectivity index (χ4n) is 1.73. The van der Waals surface area contributed by atoms with Gasteiger partial charge in [0.15, 0.2) is 0 Å². The summed E-state index contributed by atoms with van der Waals surface area (Å²) in [5, 5.41) is 3.19. The fourth-order valence-corrected chi connectivity index (χ4v) is 2.48. The fraction of sp³-hybridized carbons (Fsp3) is 0.214. The predicted octanol–water partition coefficient (Wildman–Crippen LogP) is 3.06. The van der Waals surface area contributed by atoms with E-state index in [1.807, 2.05) is 23.6 Å². The van der Waals surface area contributed by atoms with Crippen molar-refractivity contribution >= 4 is 17.2 Å². The Morgan fingerprint density at radius 1 is 1.26 bits per heavy atom. The van der Waals surface area contributed by atoms with Crippen LogP contribution in [0.3, 0.4) is 0 Å². The van der Waals surface area contributed by atoms with Crippen LogP contribution in [0.2, 0.25) is 0 Å².